The number of aryl methyl sites for hydroxylation is 1. The maximum atomic E-state index is 6.10. The fraction of sp³-hybridized carbons (Fsp3) is 0.294. The Hall–Kier alpha value is -1.58. The van der Waals surface area contributed by atoms with E-state index in [9.17, 15) is 0 Å². The van der Waals surface area contributed by atoms with Gasteiger partial charge in [-0.05, 0) is 36.5 Å². The maximum Gasteiger partial charge on any atom is 0.137 e. The second-order valence-corrected chi connectivity index (χ2v) is 6.07. The molecule has 3 rings (SSSR count). The number of fused-ring (bicyclic) bond motifs is 1. The summed E-state index contributed by atoms with van der Waals surface area (Å²) in [6, 6.07) is 13.0. The van der Waals surface area contributed by atoms with Crippen molar-refractivity contribution >= 4 is 22.3 Å². The molecule has 0 aliphatic rings. The van der Waals surface area contributed by atoms with Gasteiger partial charge >= 0.3 is 0 Å². The molecule has 0 amide bonds. The van der Waals surface area contributed by atoms with Crippen LogP contribution < -0.4 is 5.32 Å². The van der Waals surface area contributed by atoms with Crippen molar-refractivity contribution < 1.29 is 4.42 Å². The number of likely N-dealkylation sites (N-methyl/N-ethyl adjacent to an activating group) is 1. The number of thiophene rings is 1. The summed E-state index contributed by atoms with van der Waals surface area (Å²) in [5, 5.41) is 6.85. The van der Waals surface area contributed by atoms with E-state index in [1.54, 1.807) is 11.3 Å². The molecule has 1 N–H and O–H groups in total. The van der Waals surface area contributed by atoms with E-state index in [1.807, 2.05) is 0 Å². The molecule has 1 atom stereocenters. The second kappa shape index (κ2) is 5.81. The highest BCUT2D eigenvalue weighted by Gasteiger charge is 2.17. The number of benzene rings is 1. The number of nitrogens with one attached hydrogen (secondary N) is 1. The summed E-state index contributed by atoms with van der Waals surface area (Å²) in [4.78, 5) is 1.38. The first-order valence-electron chi connectivity index (χ1n) is 7.02. The van der Waals surface area contributed by atoms with Gasteiger partial charge in [-0.25, -0.2) is 0 Å². The Labute approximate surface area is 123 Å². The minimum atomic E-state index is 0.241. The summed E-state index contributed by atoms with van der Waals surface area (Å²) < 4.78 is 6.10. The van der Waals surface area contributed by atoms with Crippen LogP contribution in [0.4, 0.5) is 0 Å². The number of rotatable bonds is 5. The van der Waals surface area contributed by atoms with Crippen LogP contribution in [-0.2, 0) is 6.42 Å². The van der Waals surface area contributed by atoms with Crippen LogP contribution in [0.3, 0.4) is 0 Å². The van der Waals surface area contributed by atoms with E-state index in [4.69, 9.17) is 4.42 Å². The smallest absolute Gasteiger partial charge is 0.137 e. The van der Waals surface area contributed by atoms with Gasteiger partial charge in [0, 0.05) is 16.7 Å². The Morgan fingerprint density at radius 3 is 2.85 bits per heavy atom. The highest BCUT2D eigenvalue weighted by molar-refractivity contribution is 7.09. The van der Waals surface area contributed by atoms with Gasteiger partial charge in [-0.3, -0.25) is 0 Å². The first-order valence-corrected chi connectivity index (χ1v) is 7.90. The SMILES string of the molecule is CCNC(Cc1cccs1)c1cc2cccc(C)c2o1. The fourth-order valence-corrected chi connectivity index (χ4v) is 3.30. The van der Waals surface area contributed by atoms with Crippen LogP contribution in [0.5, 0.6) is 0 Å². The molecule has 0 spiro atoms. The molecule has 0 aliphatic carbocycles. The summed E-state index contributed by atoms with van der Waals surface area (Å²) in [7, 11) is 0. The lowest BCUT2D eigenvalue weighted by Gasteiger charge is -2.14. The number of furan rings is 1. The van der Waals surface area contributed by atoms with Crippen LogP contribution in [0.15, 0.2) is 46.2 Å². The molecule has 0 bridgehead atoms. The fourth-order valence-electron chi connectivity index (χ4n) is 2.55. The molecule has 0 aliphatic heterocycles. The Morgan fingerprint density at radius 1 is 1.25 bits per heavy atom. The normalized spacial score (nSPS) is 12.9. The van der Waals surface area contributed by atoms with E-state index in [0.29, 0.717) is 0 Å². The zero-order valence-electron chi connectivity index (χ0n) is 11.8. The Morgan fingerprint density at radius 2 is 2.15 bits per heavy atom. The molecular formula is C17H19NOS. The van der Waals surface area contributed by atoms with Crippen molar-refractivity contribution in [3.8, 4) is 0 Å². The standard InChI is InChI=1S/C17H19NOS/c1-3-18-15(11-14-8-5-9-20-14)16-10-13-7-4-6-12(2)17(13)19-16/h4-10,15,18H,3,11H2,1-2H3. The third-order valence-corrected chi connectivity index (χ3v) is 4.44. The summed E-state index contributed by atoms with van der Waals surface area (Å²) >= 11 is 1.80. The van der Waals surface area contributed by atoms with E-state index < -0.39 is 0 Å². The average molecular weight is 285 g/mol. The zero-order chi connectivity index (χ0) is 13.9. The summed E-state index contributed by atoms with van der Waals surface area (Å²) in [6.07, 6.45) is 0.977. The second-order valence-electron chi connectivity index (χ2n) is 5.04. The molecule has 3 aromatic rings. The predicted octanol–water partition coefficient (Wildman–Crippen LogP) is 4.70. The van der Waals surface area contributed by atoms with Gasteiger partial charge in [0.1, 0.15) is 11.3 Å². The molecule has 0 saturated heterocycles. The molecule has 104 valence electrons. The van der Waals surface area contributed by atoms with Gasteiger partial charge in [0.2, 0.25) is 0 Å². The monoisotopic (exact) mass is 285 g/mol. The van der Waals surface area contributed by atoms with Gasteiger partial charge in [-0.15, -0.1) is 11.3 Å². The van der Waals surface area contributed by atoms with Gasteiger partial charge in [0.25, 0.3) is 0 Å². The predicted molar refractivity (Wildman–Crippen MR) is 85.4 cm³/mol. The third kappa shape index (κ3) is 2.65. The molecule has 0 fully saturated rings. The highest BCUT2D eigenvalue weighted by atomic mass is 32.1. The van der Waals surface area contributed by atoms with Crippen LogP contribution in [0.1, 0.15) is 29.2 Å². The molecule has 0 saturated carbocycles. The molecule has 1 aromatic carbocycles. The van der Waals surface area contributed by atoms with E-state index in [1.165, 1.54) is 15.8 Å². The van der Waals surface area contributed by atoms with Gasteiger partial charge in [-0.1, -0.05) is 31.2 Å². The molecule has 0 radical (unpaired) electrons. The molecule has 20 heavy (non-hydrogen) atoms. The maximum absolute atomic E-state index is 6.10. The summed E-state index contributed by atoms with van der Waals surface area (Å²) in [6.45, 7) is 5.17. The van der Waals surface area contributed by atoms with E-state index in [-0.39, 0.29) is 6.04 Å². The largest absolute Gasteiger partial charge is 0.459 e. The van der Waals surface area contributed by atoms with Crippen LogP contribution in [0.25, 0.3) is 11.0 Å². The lowest BCUT2D eigenvalue weighted by atomic mass is 10.1. The minimum absolute atomic E-state index is 0.241. The van der Waals surface area contributed by atoms with Crippen LogP contribution >= 0.6 is 11.3 Å². The number of hydrogen-bond acceptors (Lipinski definition) is 3. The van der Waals surface area contributed by atoms with Gasteiger partial charge in [0.05, 0.1) is 6.04 Å². The van der Waals surface area contributed by atoms with Crippen LogP contribution in [0.2, 0.25) is 0 Å². The topological polar surface area (TPSA) is 25.2 Å². The van der Waals surface area contributed by atoms with Crippen molar-refractivity contribution in [1.29, 1.82) is 0 Å². The quantitative estimate of drug-likeness (QED) is 0.735. The van der Waals surface area contributed by atoms with Crippen molar-refractivity contribution in [2.24, 2.45) is 0 Å². The van der Waals surface area contributed by atoms with E-state index in [2.05, 4.69) is 60.9 Å². The van der Waals surface area contributed by atoms with Crippen molar-refractivity contribution in [2.45, 2.75) is 26.3 Å². The highest BCUT2D eigenvalue weighted by Crippen LogP contribution is 2.29. The lowest BCUT2D eigenvalue weighted by Crippen LogP contribution is -2.22. The Bertz CT molecular complexity index is 684. The molecule has 3 heteroatoms. The summed E-state index contributed by atoms with van der Waals surface area (Å²) in [5.41, 5.74) is 2.21. The first kappa shape index (κ1) is 13.4. The Kier molecular flexibility index (Phi) is 3.90. The number of hydrogen-bond donors (Lipinski definition) is 1. The van der Waals surface area contributed by atoms with Crippen molar-refractivity contribution in [3.63, 3.8) is 0 Å². The van der Waals surface area contributed by atoms with Crippen LogP contribution in [0, 0.1) is 6.92 Å². The average Bonchev–Trinajstić information content (AvgIpc) is 3.07. The first-order chi connectivity index (χ1) is 9.78. The molecule has 2 aromatic heterocycles. The van der Waals surface area contributed by atoms with Gasteiger partial charge < -0.3 is 9.73 Å². The van der Waals surface area contributed by atoms with Crippen molar-refractivity contribution in [2.75, 3.05) is 6.54 Å². The Balaban J connectivity index is 1.94. The summed E-state index contributed by atoms with van der Waals surface area (Å²) in [5.74, 6) is 1.03. The molecule has 1 unspecified atom stereocenters. The van der Waals surface area contributed by atoms with Gasteiger partial charge in [0.15, 0.2) is 0 Å². The minimum Gasteiger partial charge on any atom is -0.459 e. The molecular weight excluding hydrogens is 266 g/mol. The van der Waals surface area contributed by atoms with Gasteiger partial charge in [-0.2, -0.15) is 0 Å². The molecule has 2 nitrogen and oxygen atoms in total. The van der Waals surface area contributed by atoms with E-state index in [0.717, 1.165) is 24.3 Å². The third-order valence-electron chi connectivity index (χ3n) is 3.54. The number of para-hydroxylation sites is 1. The van der Waals surface area contributed by atoms with Crippen molar-refractivity contribution in [3.05, 3.63) is 58.0 Å². The zero-order valence-corrected chi connectivity index (χ0v) is 12.7. The van der Waals surface area contributed by atoms with Crippen molar-refractivity contribution in [1.82, 2.24) is 5.32 Å². The molecule has 2 heterocycles. The van der Waals surface area contributed by atoms with E-state index >= 15 is 0 Å². The lowest BCUT2D eigenvalue weighted by molar-refractivity contribution is 0.436. The van der Waals surface area contributed by atoms with Crippen LogP contribution in [-0.4, -0.2) is 6.54 Å².